The number of aliphatic hydroxyl groups excluding tert-OH is 2. The quantitative estimate of drug-likeness (QED) is 0.0577. The maximum atomic E-state index is 14.6. The molecule has 4 aromatic rings. The van der Waals surface area contributed by atoms with Gasteiger partial charge in [0.2, 0.25) is 5.28 Å². The summed E-state index contributed by atoms with van der Waals surface area (Å²) in [6.07, 6.45) is -1.42. The van der Waals surface area contributed by atoms with Gasteiger partial charge in [0.1, 0.15) is 36.4 Å². The van der Waals surface area contributed by atoms with Gasteiger partial charge in [0, 0.05) is 5.39 Å². The van der Waals surface area contributed by atoms with Crippen LogP contribution in [0.3, 0.4) is 0 Å². The first-order valence-electron chi connectivity index (χ1n) is 15.5. The number of nitrogen functional groups attached to an aromatic ring is 1. The molecule has 0 spiro atoms. The van der Waals surface area contributed by atoms with Crippen LogP contribution in [0.2, 0.25) is 5.28 Å². The number of benzene rings is 2. The van der Waals surface area contributed by atoms with E-state index >= 15 is 0 Å². The predicted molar refractivity (Wildman–Crippen MR) is 176 cm³/mol. The van der Waals surface area contributed by atoms with Crippen LogP contribution >= 0.6 is 19.3 Å². The minimum atomic E-state index is -4.40. The van der Waals surface area contributed by atoms with Crippen LogP contribution in [0.1, 0.15) is 52.7 Å². The molecule has 1 saturated heterocycles. The highest BCUT2D eigenvalue weighted by molar-refractivity contribution is 7.52. The summed E-state index contributed by atoms with van der Waals surface area (Å²) in [6.45, 7) is 5.60. The van der Waals surface area contributed by atoms with E-state index in [1.165, 1.54) is 10.9 Å². The van der Waals surface area contributed by atoms with Crippen LogP contribution in [-0.4, -0.2) is 73.3 Å². The minimum absolute atomic E-state index is 0.0187. The SMILES string of the molecule is CCCCCOC(=O)[C@H](CC(C)C)NP(=O)(OC[C@H]1O[C@@H](n2c(Cl)nc3c(N)ncnc32)C(O)[C@H]1O)Oc1cccc2ccccc12. The lowest BCUT2D eigenvalue weighted by Crippen LogP contribution is -2.40. The standard InChI is InChI=1S/C31H40ClN6O8P/c1-4-5-8-14-43-30(41)21(15-18(2)3)37-47(42,46-22-13-9-11-19-10-6-7-12-20(19)22)44-16-23-25(39)26(40)29(45-23)38-28-24(36-31(38)32)27(33)34-17-35-28/h6-7,9-13,17-18,21,23,25-26,29,39-40H,4-5,8,14-16H2,1-3H3,(H,37,42)(H2,33,34,35)/t21-,23+,25-,26?,29+,47?/m0/s1. The molecule has 0 bridgehead atoms. The number of aromatic nitrogens is 4. The summed E-state index contributed by atoms with van der Waals surface area (Å²) >= 11 is 6.36. The van der Waals surface area contributed by atoms with E-state index in [1.54, 1.807) is 12.1 Å². The number of ether oxygens (including phenoxy) is 2. The molecule has 2 aromatic heterocycles. The molecule has 5 rings (SSSR count). The van der Waals surface area contributed by atoms with Gasteiger partial charge in [-0.15, -0.1) is 0 Å². The number of anilines is 1. The van der Waals surface area contributed by atoms with Crippen LogP contribution in [0.5, 0.6) is 5.75 Å². The van der Waals surface area contributed by atoms with E-state index in [-0.39, 0.29) is 47.0 Å². The van der Waals surface area contributed by atoms with Crippen molar-refractivity contribution >= 4 is 53.1 Å². The van der Waals surface area contributed by atoms with Crippen molar-refractivity contribution in [3.8, 4) is 5.75 Å². The molecule has 3 heterocycles. The number of nitrogens with one attached hydrogen (secondary N) is 1. The number of nitrogens with two attached hydrogens (primary N) is 1. The maximum Gasteiger partial charge on any atom is 0.459 e. The highest BCUT2D eigenvalue weighted by Gasteiger charge is 2.47. The molecule has 1 aliphatic heterocycles. The van der Waals surface area contributed by atoms with Gasteiger partial charge in [0.05, 0.1) is 13.2 Å². The summed E-state index contributed by atoms with van der Waals surface area (Å²) in [5.41, 5.74) is 6.28. The topological polar surface area (TPSA) is 193 Å². The first-order chi connectivity index (χ1) is 22.5. The molecule has 2 aromatic carbocycles. The Morgan fingerprint density at radius 2 is 1.91 bits per heavy atom. The van der Waals surface area contributed by atoms with Crippen molar-refractivity contribution in [2.24, 2.45) is 5.92 Å². The molecular weight excluding hydrogens is 651 g/mol. The van der Waals surface area contributed by atoms with E-state index in [2.05, 4.69) is 20.0 Å². The number of imidazole rings is 1. The van der Waals surface area contributed by atoms with Crippen molar-refractivity contribution in [2.75, 3.05) is 18.9 Å². The number of unbranched alkanes of at least 4 members (excludes halogenated alkanes) is 2. The van der Waals surface area contributed by atoms with Gasteiger partial charge in [0.25, 0.3) is 0 Å². The third-order valence-corrected chi connectivity index (χ3v) is 9.55. The molecular formula is C31H40ClN6O8P. The Labute approximate surface area is 277 Å². The molecule has 0 saturated carbocycles. The number of fused-ring (bicyclic) bond motifs is 2. The Morgan fingerprint density at radius 3 is 2.68 bits per heavy atom. The zero-order chi connectivity index (χ0) is 33.7. The highest BCUT2D eigenvalue weighted by atomic mass is 35.5. The number of aliphatic hydroxyl groups is 2. The molecule has 0 amide bonds. The van der Waals surface area contributed by atoms with Gasteiger partial charge in [-0.05, 0) is 41.8 Å². The van der Waals surface area contributed by atoms with Gasteiger partial charge >= 0.3 is 13.7 Å². The number of nitrogens with zero attached hydrogens (tertiary/aromatic N) is 4. The largest absolute Gasteiger partial charge is 0.465 e. The number of carbonyl (C=O) groups is 1. The molecule has 254 valence electrons. The summed E-state index contributed by atoms with van der Waals surface area (Å²) in [5, 5.41) is 26.2. The van der Waals surface area contributed by atoms with E-state index < -0.39 is 50.9 Å². The molecule has 0 aliphatic carbocycles. The van der Waals surface area contributed by atoms with E-state index in [4.69, 9.17) is 35.9 Å². The molecule has 47 heavy (non-hydrogen) atoms. The first kappa shape index (κ1) is 35.0. The lowest BCUT2D eigenvalue weighted by Gasteiger charge is -2.27. The summed E-state index contributed by atoms with van der Waals surface area (Å²) in [6, 6.07) is 11.6. The fourth-order valence-corrected chi connectivity index (χ4v) is 7.16. The van der Waals surface area contributed by atoms with Crippen molar-refractivity contribution in [3.05, 3.63) is 54.1 Å². The number of halogens is 1. The number of hydrogen-bond acceptors (Lipinski definition) is 12. The Morgan fingerprint density at radius 1 is 1.15 bits per heavy atom. The van der Waals surface area contributed by atoms with Crippen LogP contribution in [0.15, 0.2) is 48.8 Å². The third kappa shape index (κ3) is 8.03. The fraction of sp³-hybridized carbons (Fsp3) is 0.484. The Bertz CT molecular complexity index is 1740. The van der Waals surface area contributed by atoms with Gasteiger partial charge in [-0.25, -0.2) is 19.5 Å². The number of rotatable bonds is 15. The van der Waals surface area contributed by atoms with Crippen LogP contribution in [0, 0.1) is 5.92 Å². The molecule has 6 atom stereocenters. The van der Waals surface area contributed by atoms with E-state index in [1.807, 2.05) is 51.1 Å². The lowest BCUT2D eigenvalue weighted by atomic mass is 10.1. The summed E-state index contributed by atoms with van der Waals surface area (Å²) in [7, 11) is -4.40. The van der Waals surface area contributed by atoms with Crippen molar-refractivity contribution in [1.29, 1.82) is 0 Å². The van der Waals surface area contributed by atoms with Crippen LogP contribution < -0.4 is 15.3 Å². The predicted octanol–water partition coefficient (Wildman–Crippen LogP) is 4.78. The van der Waals surface area contributed by atoms with Crippen molar-refractivity contribution in [3.63, 3.8) is 0 Å². The fourth-order valence-electron chi connectivity index (χ4n) is 5.36. The lowest BCUT2D eigenvalue weighted by molar-refractivity contribution is -0.146. The second-order valence-electron chi connectivity index (χ2n) is 11.8. The van der Waals surface area contributed by atoms with Gasteiger partial charge in [-0.1, -0.05) is 70.0 Å². The number of carbonyl (C=O) groups excluding carboxylic acids is 1. The molecule has 1 aliphatic rings. The van der Waals surface area contributed by atoms with Crippen LogP contribution in [-0.2, 0) is 23.4 Å². The summed E-state index contributed by atoms with van der Waals surface area (Å²) in [5.74, 6) is -0.250. The highest BCUT2D eigenvalue weighted by Crippen LogP contribution is 2.48. The smallest absolute Gasteiger partial charge is 0.459 e. The molecule has 2 unspecified atom stereocenters. The molecule has 0 radical (unpaired) electrons. The van der Waals surface area contributed by atoms with Crippen molar-refractivity contribution in [1.82, 2.24) is 24.6 Å². The monoisotopic (exact) mass is 690 g/mol. The van der Waals surface area contributed by atoms with Gasteiger partial charge < -0.3 is 29.9 Å². The minimum Gasteiger partial charge on any atom is -0.465 e. The van der Waals surface area contributed by atoms with Crippen LogP contribution in [0.25, 0.3) is 21.9 Å². The van der Waals surface area contributed by atoms with Crippen molar-refractivity contribution in [2.45, 2.75) is 77.0 Å². The first-order valence-corrected chi connectivity index (χ1v) is 17.4. The average molecular weight is 691 g/mol. The van der Waals surface area contributed by atoms with Gasteiger partial charge in [0.15, 0.2) is 23.2 Å². The van der Waals surface area contributed by atoms with E-state index in [0.717, 1.165) is 18.2 Å². The van der Waals surface area contributed by atoms with Crippen molar-refractivity contribution < 1.29 is 38.1 Å². The zero-order valence-electron chi connectivity index (χ0n) is 26.4. The van der Waals surface area contributed by atoms with Crippen LogP contribution in [0.4, 0.5) is 5.82 Å². The number of esters is 1. The van der Waals surface area contributed by atoms with E-state index in [9.17, 15) is 19.6 Å². The zero-order valence-corrected chi connectivity index (χ0v) is 28.0. The van der Waals surface area contributed by atoms with Gasteiger partial charge in [-0.2, -0.15) is 5.09 Å². The Hall–Kier alpha value is -3.36. The maximum absolute atomic E-state index is 14.6. The molecule has 1 fully saturated rings. The summed E-state index contributed by atoms with van der Waals surface area (Å²) < 4.78 is 39.4. The average Bonchev–Trinajstić information content (AvgIpc) is 3.52. The van der Waals surface area contributed by atoms with Gasteiger partial charge in [-0.3, -0.25) is 13.9 Å². The normalized spacial score (nSPS) is 21.7. The Balaban J connectivity index is 1.41. The number of hydrogen-bond donors (Lipinski definition) is 4. The van der Waals surface area contributed by atoms with E-state index in [0.29, 0.717) is 11.8 Å². The Kier molecular flexibility index (Phi) is 11.3. The molecule has 5 N–H and O–H groups in total. The molecule has 14 nitrogen and oxygen atoms in total. The summed E-state index contributed by atoms with van der Waals surface area (Å²) in [4.78, 5) is 25.4. The second-order valence-corrected chi connectivity index (χ2v) is 13.8. The third-order valence-electron chi connectivity index (χ3n) is 7.73. The second kappa shape index (κ2) is 15.2. The molecule has 16 heteroatoms.